The molecule has 5 nitrogen and oxygen atoms in total. The van der Waals surface area contributed by atoms with E-state index in [1.807, 2.05) is 19.1 Å². The monoisotopic (exact) mass is 374 g/mol. The molecule has 0 aliphatic carbocycles. The van der Waals surface area contributed by atoms with Crippen molar-refractivity contribution in [2.24, 2.45) is 0 Å². The van der Waals surface area contributed by atoms with Crippen LogP contribution in [-0.4, -0.2) is 30.2 Å². The van der Waals surface area contributed by atoms with E-state index in [4.69, 9.17) is 9.72 Å². The summed E-state index contributed by atoms with van der Waals surface area (Å²) in [5.74, 6) is 2.57. The fourth-order valence-electron chi connectivity index (χ4n) is 3.63. The zero-order chi connectivity index (χ0) is 19.3. The van der Waals surface area contributed by atoms with Crippen molar-refractivity contribution in [3.05, 3.63) is 77.0 Å². The Morgan fingerprint density at radius 1 is 1.04 bits per heavy atom. The Hall–Kier alpha value is -3.08. The van der Waals surface area contributed by atoms with Gasteiger partial charge in [0.25, 0.3) is 0 Å². The molecule has 0 fully saturated rings. The van der Waals surface area contributed by atoms with Gasteiger partial charge in [-0.25, -0.2) is 4.98 Å². The average molecular weight is 374 g/mol. The molecular weight excluding hydrogens is 348 g/mol. The summed E-state index contributed by atoms with van der Waals surface area (Å²) in [7, 11) is 1.69. The van der Waals surface area contributed by atoms with Crippen LogP contribution in [-0.2, 0) is 19.4 Å². The summed E-state index contributed by atoms with van der Waals surface area (Å²) in [6, 6.07) is 18.9. The minimum atomic E-state index is 0.691. The molecule has 0 atom stereocenters. The van der Waals surface area contributed by atoms with Crippen LogP contribution in [0.25, 0.3) is 0 Å². The molecule has 5 heteroatoms. The molecular formula is C23H26N4O. The summed E-state index contributed by atoms with van der Waals surface area (Å²) in [5.41, 5.74) is 5.04. The lowest BCUT2D eigenvalue weighted by atomic mass is 10.00. The molecule has 1 aliphatic rings. The molecule has 2 heterocycles. The molecule has 0 amide bonds. The third kappa shape index (κ3) is 4.25. The van der Waals surface area contributed by atoms with E-state index < -0.39 is 0 Å². The SMILES string of the molecule is COc1cccc(CCNc2nc(C)cc(N3CCc4ccccc4C3)n2)c1. The maximum absolute atomic E-state index is 5.29. The summed E-state index contributed by atoms with van der Waals surface area (Å²) >= 11 is 0. The lowest BCUT2D eigenvalue weighted by Gasteiger charge is -2.30. The molecule has 1 aromatic heterocycles. The number of nitrogens with one attached hydrogen (secondary N) is 1. The van der Waals surface area contributed by atoms with E-state index in [1.54, 1.807) is 7.11 Å². The van der Waals surface area contributed by atoms with Crippen molar-refractivity contribution in [3.63, 3.8) is 0 Å². The number of nitrogens with zero attached hydrogens (tertiary/aromatic N) is 3. The van der Waals surface area contributed by atoms with Crippen molar-refractivity contribution in [3.8, 4) is 5.75 Å². The van der Waals surface area contributed by atoms with Crippen LogP contribution in [0, 0.1) is 6.92 Å². The number of rotatable bonds is 6. The largest absolute Gasteiger partial charge is 0.497 e. The lowest BCUT2D eigenvalue weighted by Crippen LogP contribution is -2.31. The van der Waals surface area contributed by atoms with Gasteiger partial charge in [0.2, 0.25) is 5.95 Å². The fourth-order valence-corrected chi connectivity index (χ4v) is 3.63. The topological polar surface area (TPSA) is 50.3 Å². The molecule has 2 aromatic carbocycles. The molecule has 1 aliphatic heterocycles. The van der Waals surface area contributed by atoms with Crippen LogP contribution in [0.15, 0.2) is 54.6 Å². The Kier molecular flexibility index (Phi) is 5.42. The first kappa shape index (κ1) is 18.3. The van der Waals surface area contributed by atoms with Crippen LogP contribution >= 0.6 is 0 Å². The second kappa shape index (κ2) is 8.30. The first-order chi connectivity index (χ1) is 13.7. The smallest absolute Gasteiger partial charge is 0.224 e. The highest BCUT2D eigenvalue weighted by molar-refractivity contribution is 5.48. The van der Waals surface area contributed by atoms with Crippen molar-refractivity contribution in [2.75, 3.05) is 30.4 Å². The van der Waals surface area contributed by atoms with Crippen LogP contribution in [0.3, 0.4) is 0 Å². The number of fused-ring (bicyclic) bond motifs is 1. The first-order valence-corrected chi connectivity index (χ1v) is 9.75. The van der Waals surface area contributed by atoms with Gasteiger partial charge >= 0.3 is 0 Å². The van der Waals surface area contributed by atoms with Crippen molar-refractivity contribution in [2.45, 2.75) is 26.3 Å². The first-order valence-electron chi connectivity index (χ1n) is 9.75. The fraction of sp³-hybridized carbons (Fsp3) is 0.304. The van der Waals surface area contributed by atoms with Gasteiger partial charge in [-0.15, -0.1) is 0 Å². The molecule has 4 rings (SSSR count). The normalized spacial score (nSPS) is 13.1. The number of aromatic nitrogens is 2. The minimum absolute atomic E-state index is 0.691. The molecule has 0 saturated carbocycles. The molecule has 0 radical (unpaired) electrons. The quantitative estimate of drug-likeness (QED) is 0.706. The van der Waals surface area contributed by atoms with Gasteiger partial charge in [0.15, 0.2) is 0 Å². The Morgan fingerprint density at radius 2 is 1.89 bits per heavy atom. The van der Waals surface area contributed by atoms with Crippen LogP contribution in [0.4, 0.5) is 11.8 Å². The standard InChI is InChI=1S/C23H26N4O/c1-17-14-22(27-13-11-19-7-3-4-8-20(19)16-27)26-23(25-17)24-12-10-18-6-5-9-21(15-18)28-2/h3-9,14-15H,10-13,16H2,1-2H3,(H,24,25,26). The zero-order valence-corrected chi connectivity index (χ0v) is 16.5. The average Bonchev–Trinajstić information content (AvgIpc) is 2.73. The second-order valence-electron chi connectivity index (χ2n) is 7.16. The molecule has 0 spiro atoms. The van der Waals surface area contributed by atoms with Gasteiger partial charge in [0.05, 0.1) is 7.11 Å². The highest BCUT2D eigenvalue weighted by Crippen LogP contribution is 2.24. The summed E-state index contributed by atoms with van der Waals surface area (Å²) in [5, 5.41) is 3.38. The van der Waals surface area contributed by atoms with Crippen molar-refractivity contribution in [1.29, 1.82) is 0 Å². The van der Waals surface area contributed by atoms with Gasteiger partial charge in [0, 0.05) is 31.4 Å². The molecule has 1 N–H and O–H groups in total. The number of anilines is 2. The highest BCUT2D eigenvalue weighted by Gasteiger charge is 2.18. The minimum Gasteiger partial charge on any atom is -0.497 e. The van der Waals surface area contributed by atoms with Gasteiger partial charge in [-0.1, -0.05) is 36.4 Å². The van der Waals surface area contributed by atoms with Crippen LogP contribution in [0.2, 0.25) is 0 Å². The van der Waals surface area contributed by atoms with Gasteiger partial charge in [-0.2, -0.15) is 4.98 Å². The Labute approximate surface area is 166 Å². The maximum atomic E-state index is 5.29. The van der Waals surface area contributed by atoms with Crippen molar-refractivity contribution in [1.82, 2.24) is 9.97 Å². The van der Waals surface area contributed by atoms with E-state index in [0.717, 1.165) is 49.7 Å². The Morgan fingerprint density at radius 3 is 2.75 bits per heavy atom. The second-order valence-corrected chi connectivity index (χ2v) is 7.16. The lowest BCUT2D eigenvalue weighted by molar-refractivity contribution is 0.414. The van der Waals surface area contributed by atoms with Gasteiger partial charge in [0.1, 0.15) is 11.6 Å². The number of benzene rings is 2. The molecule has 3 aromatic rings. The highest BCUT2D eigenvalue weighted by atomic mass is 16.5. The van der Waals surface area contributed by atoms with Crippen molar-refractivity contribution < 1.29 is 4.74 Å². The zero-order valence-electron chi connectivity index (χ0n) is 16.5. The predicted molar refractivity (Wildman–Crippen MR) is 113 cm³/mol. The maximum Gasteiger partial charge on any atom is 0.224 e. The number of ether oxygens (including phenoxy) is 1. The van der Waals surface area contributed by atoms with Gasteiger partial charge in [-0.05, 0) is 48.6 Å². The summed E-state index contributed by atoms with van der Waals surface area (Å²) in [6.07, 6.45) is 1.94. The molecule has 0 unspecified atom stereocenters. The number of aryl methyl sites for hydroxylation is 1. The summed E-state index contributed by atoms with van der Waals surface area (Å²) in [6.45, 7) is 4.68. The van der Waals surface area contributed by atoms with Crippen LogP contribution in [0.1, 0.15) is 22.4 Å². The van der Waals surface area contributed by atoms with Gasteiger partial charge < -0.3 is 15.0 Å². The van der Waals surface area contributed by atoms with Crippen LogP contribution in [0.5, 0.6) is 5.75 Å². The van der Waals surface area contributed by atoms with Crippen LogP contribution < -0.4 is 15.0 Å². The molecule has 0 saturated heterocycles. The third-order valence-corrected chi connectivity index (χ3v) is 5.13. The van der Waals surface area contributed by atoms with E-state index in [9.17, 15) is 0 Å². The van der Waals surface area contributed by atoms with E-state index in [-0.39, 0.29) is 0 Å². The number of hydrogen-bond donors (Lipinski definition) is 1. The van der Waals surface area contributed by atoms with E-state index >= 15 is 0 Å². The van der Waals surface area contributed by atoms with Gasteiger partial charge in [-0.3, -0.25) is 0 Å². The number of hydrogen-bond acceptors (Lipinski definition) is 5. The molecule has 144 valence electrons. The predicted octanol–water partition coefficient (Wildman–Crippen LogP) is 4.01. The Bertz CT molecular complexity index is 957. The van der Waals surface area contributed by atoms with E-state index in [2.05, 4.69) is 57.7 Å². The van der Waals surface area contributed by atoms with E-state index in [1.165, 1.54) is 16.7 Å². The summed E-state index contributed by atoms with van der Waals surface area (Å²) < 4.78 is 5.29. The molecule has 0 bridgehead atoms. The Balaban J connectivity index is 1.42. The summed E-state index contributed by atoms with van der Waals surface area (Å²) in [4.78, 5) is 11.7. The molecule has 28 heavy (non-hydrogen) atoms. The van der Waals surface area contributed by atoms with Crippen molar-refractivity contribution >= 4 is 11.8 Å². The number of methoxy groups -OCH3 is 1. The van der Waals surface area contributed by atoms with E-state index in [0.29, 0.717) is 5.95 Å². The third-order valence-electron chi connectivity index (χ3n) is 5.13.